The first-order valence-corrected chi connectivity index (χ1v) is 8.22. The van der Waals surface area contributed by atoms with Gasteiger partial charge in [0.05, 0.1) is 24.9 Å². The smallest absolute Gasteiger partial charge is 0.273 e. The second-order valence-corrected chi connectivity index (χ2v) is 5.85. The van der Waals surface area contributed by atoms with Gasteiger partial charge in [-0.25, -0.2) is 5.43 Å². The zero-order valence-electron chi connectivity index (χ0n) is 14.2. The number of nitrogens with one attached hydrogen (secondary N) is 1. The van der Waals surface area contributed by atoms with Crippen LogP contribution in [0.5, 0.6) is 11.5 Å². The number of ether oxygens (including phenoxy) is 3. The van der Waals surface area contributed by atoms with E-state index in [1.807, 2.05) is 36.4 Å². The number of methoxy groups -OCH3 is 3. The zero-order chi connectivity index (χ0) is 18.2. The minimum atomic E-state index is -0.726. The van der Waals surface area contributed by atoms with Gasteiger partial charge in [0.2, 0.25) is 0 Å². The van der Waals surface area contributed by atoms with Gasteiger partial charge in [-0.2, -0.15) is 5.10 Å². The fourth-order valence-electron chi connectivity index (χ4n) is 2.26. The van der Waals surface area contributed by atoms with Crippen LogP contribution in [-0.4, -0.2) is 33.5 Å². The fraction of sp³-hybridized carbons (Fsp3) is 0.222. The number of amides is 1. The maximum atomic E-state index is 12.3. The highest BCUT2D eigenvalue weighted by atomic mass is 79.9. The molecule has 1 amide bonds. The Morgan fingerprint density at radius 3 is 2.48 bits per heavy atom. The Kier molecular flexibility index (Phi) is 6.97. The molecule has 2 aromatic carbocycles. The number of rotatable bonds is 7. The number of benzene rings is 2. The number of carbonyl (C=O) groups is 1. The average molecular weight is 407 g/mol. The first kappa shape index (κ1) is 19.0. The number of hydrogen-bond donors (Lipinski definition) is 1. The molecule has 0 unspecified atom stereocenters. The summed E-state index contributed by atoms with van der Waals surface area (Å²) in [4.78, 5) is 12.3. The van der Waals surface area contributed by atoms with E-state index < -0.39 is 6.10 Å². The molecule has 0 bridgehead atoms. The number of hydrazone groups is 1. The van der Waals surface area contributed by atoms with E-state index in [4.69, 9.17) is 14.2 Å². The number of carbonyl (C=O) groups excluding carboxylic acids is 1. The molecule has 25 heavy (non-hydrogen) atoms. The van der Waals surface area contributed by atoms with Crippen LogP contribution in [0.3, 0.4) is 0 Å². The summed E-state index contributed by atoms with van der Waals surface area (Å²) in [6.45, 7) is 0. The molecule has 0 aromatic heterocycles. The topological polar surface area (TPSA) is 69.2 Å². The highest BCUT2D eigenvalue weighted by Crippen LogP contribution is 2.35. The van der Waals surface area contributed by atoms with Crippen LogP contribution in [0.15, 0.2) is 52.0 Å². The summed E-state index contributed by atoms with van der Waals surface area (Å²) < 4.78 is 16.5. The zero-order valence-corrected chi connectivity index (χ0v) is 15.7. The molecule has 1 N–H and O–H groups in total. The van der Waals surface area contributed by atoms with Gasteiger partial charge in [-0.1, -0.05) is 30.3 Å². The first-order valence-electron chi connectivity index (χ1n) is 7.43. The molecule has 2 aromatic rings. The molecule has 0 saturated heterocycles. The summed E-state index contributed by atoms with van der Waals surface area (Å²) in [7, 11) is 4.59. The van der Waals surface area contributed by atoms with Crippen LogP contribution < -0.4 is 14.9 Å². The van der Waals surface area contributed by atoms with Gasteiger partial charge in [-0.05, 0) is 39.2 Å². The lowest BCUT2D eigenvalue weighted by molar-refractivity contribution is -0.131. The van der Waals surface area contributed by atoms with Gasteiger partial charge < -0.3 is 14.2 Å². The third-order valence-corrected chi connectivity index (χ3v) is 4.01. The van der Waals surface area contributed by atoms with Gasteiger partial charge in [0.25, 0.3) is 5.91 Å². The second kappa shape index (κ2) is 9.19. The van der Waals surface area contributed by atoms with Crippen LogP contribution in [0.1, 0.15) is 17.2 Å². The summed E-state index contributed by atoms with van der Waals surface area (Å²) >= 11 is 3.41. The SMILES string of the molecule is COc1cc(/C=N\NC(=O)[C@H](OC)c2ccccc2)cc(Br)c1OC. The van der Waals surface area contributed by atoms with Crippen molar-refractivity contribution in [3.63, 3.8) is 0 Å². The molecule has 132 valence electrons. The normalized spacial score (nSPS) is 12.0. The molecule has 6 nitrogen and oxygen atoms in total. The van der Waals surface area contributed by atoms with Crippen LogP contribution in [0, 0.1) is 0 Å². The first-order chi connectivity index (χ1) is 12.1. The van der Waals surface area contributed by atoms with Crippen molar-refractivity contribution in [2.45, 2.75) is 6.10 Å². The van der Waals surface area contributed by atoms with Crippen molar-refractivity contribution in [2.24, 2.45) is 5.10 Å². The Hall–Kier alpha value is -2.38. The molecule has 0 aliphatic heterocycles. The van der Waals surface area contributed by atoms with Crippen molar-refractivity contribution in [1.82, 2.24) is 5.43 Å². The van der Waals surface area contributed by atoms with Gasteiger partial charge in [0, 0.05) is 7.11 Å². The Balaban J connectivity index is 2.10. The largest absolute Gasteiger partial charge is 0.493 e. The van der Waals surface area contributed by atoms with Gasteiger partial charge in [-0.15, -0.1) is 0 Å². The second-order valence-electron chi connectivity index (χ2n) is 5.00. The molecule has 0 saturated carbocycles. The molecule has 2 rings (SSSR count). The molecule has 7 heteroatoms. The van der Waals surface area contributed by atoms with Crippen LogP contribution in [-0.2, 0) is 9.53 Å². The number of hydrogen-bond acceptors (Lipinski definition) is 5. The number of nitrogens with zero attached hydrogens (tertiary/aromatic N) is 1. The Labute approximate surface area is 154 Å². The Bertz CT molecular complexity index is 750. The van der Waals surface area contributed by atoms with Gasteiger partial charge in [0.1, 0.15) is 0 Å². The average Bonchev–Trinajstić information content (AvgIpc) is 2.62. The van der Waals surface area contributed by atoms with E-state index in [0.717, 1.165) is 15.6 Å². The molecule has 0 fully saturated rings. The van der Waals surface area contributed by atoms with Gasteiger partial charge >= 0.3 is 0 Å². The minimum absolute atomic E-state index is 0.357. The minimum Gasteiger partial charge on any atom is -0.493 e. The maximum Gasteiger partial charge on any atom is 0.273 e. The molecule has 0 aliphatic rings. The van der Waals surface area contributed by atoms with E-state index in [-0.39, 0.29) is 5.91 Å². The van der Waals surface area contributed by atoms with E-state index in [2.05, 4.69) is 26.5 Å². The van der Waals surface area contributed by atoms with Gasteiger partial charge in [0.15, 0.2) is 17.6 Å². The highest BCUT2D eigenvalue weighted by Gasteiger charge is 2.19. The lowest BCUT2D eigenvalue weighted by Crippen LogP contribution is -2.26. The Morgan fingerprint density at radius 1 is 1.16 bits per heavy atom. The third kappa shape index (κ3) is 4.80. The summed E-state index contributed by atoms with van der Waals surface area (Å²) in [6, 6.07) is 12.8. The molecule has 0 spiro atoms. The monoisotopic (exact) mass is 406 g/mol. The molecule has 0 heterocycles. The molecule has 0 aliphatic carbocycles. The van der Waals surface area contributed by atoms with Crippen molar-refractivity contribution in [2.75, 3.05) is 21.3 Å². The van der Waals surface area contributed by atoms with Crippen LogP contribution >= 0.6 is 15.9 Å². The van der Waals surface area contributed by atoms with Crippen LogP contribution in [0.25, 0.3) is 0 Å². The third-order valence-electron chi connectivity index (χ3n) is 3.42. The van der Waals surface area contributed by atoms with Crippen LogP contribution in [0.2, 0.25) is 0 Å². The fourth-order valence-corrected chi connectivity index (χ4v) is 2.89. The quantitative estimate of drug-likeness (QED) is 0.565. The Morgan fingerprint density at radius 2 is 1.88 bits per heavy atom. The van der Waals surface area contributed by atoms with E-state index in [1.54, 1.807) is 20.3 Å². The predicted molar refractivity (Wildman–Crippen MR) is 99.2 cm³/mol. The molecule has 1 atom stereocenters. The van der Waals surface area contributed by atoms with Gasteiger partial charge in [-0.3, -0.25) is 4.79 Å². The standard InChI is InChI=1S/C18H19BrN2O4/c1-23-15-10-12(9-14(19)17(15)25-3)11-20-21-18(22)16(24-2)13-7-5-4-6-8-13/h4-11,16H,1-3H3,(H,21,22)/b20-11-/t16-/m1/s1. The van der Waals surface area contributed by atoms with Crippen molar-refractivity contribution >= 4 is 28.1 Å². The van der Waals surface area contributed by atoms with E-state index in [0.29, 0.717) is 11.5 Å². The van der Waals surface area contributed by atoms with E-state index >= 15 is 0 Å². The molecular weight excluding hydrogens is 388 g/mol. The van der Waals surface area contributed by atoms with E-state index in [9.17, 15) is 4.79 Å². The summed E-state index contributed by atoms with van der Waals surface area (Å²) in [5.74, 6) is 0.792. The van der Waals surface area contributed by atoms with Crippen molar-refractivity contribution in [3.05, 3.63) is 58.1 Å². The van der Waals surface area contributed by atoms with E-state index in [1.165, 1.54) is 13.3 Å². The lowest BCUT2D eigenvalue weighted by atomic mass is 10.1. The molecular formula is C18H19BrN2O4. The molecule has 0 radical (unpaired) electrons. The summed E-state index contributed by atoms with van der Waals surface area (Å²) in [6.07, 6.45) is 0.790. The van der Waals surface area contributed by atoms with Crippen LogP contribution in [0.4, 0.5) is 0 Å². The summed E-state index contributed by atoms with van der Waals surface area (Å²) in [5, 5.41) is 3.99. The van der Waals surface area contributed by atoms with Crippen molar-refractivity contribution in [1.29, 1.82) is 0 Å². The summed E-state index contributed by atoms with van der Waals surface area (Å²) in [5.41, 5.74) is 3.98. The lowest BCUT2D eigenvalue weighted by Gasteiger charge is -2.13. The highest BCUT2D eigenvalue weighted by molar-refractivity contribution is 9.10. The van der Waals surface area contributed by atoms with Crippen molar-refractivity contribution in [3.8, 4) is 11.5 Å². The maximum absolute atomic E-state index is 12.3. The number of halogens is 1. The van der Waals surface area contributed by atoms with Crippen molar-refractivity contribution < 1.29 is 19.0 Å². The predicted octanol–water partition coefficient (Wildman–Crippen LogP) is 3.30.